The quantitative estimate of drug-likeness (QED) is 0.424. The maximum absolute atomic E-state index is 13.0. The Morgan fingerprint density at radius 1 is 0.943 bits per heavy atom. The van der Waals surface area contributed by atoms with Crippen LogP contribution in [0.3, 0.4) is 0 Å². The van der Waals surface area contributed by atoms with Crippen molar-refractivity contribution in [3.05, 3.63) is 84.1 Å². The summed E-state index contributed by atoms with van der Waals surface area (Å²) in [5.41, 5.74) is 2.86. The standard InChI is InChI=1S/C26H28FN7O/c27-22-8-6-20(7-9-22)16-24(35)28-10-11-34-26-23(17-31-34)25(29-19-30-26)33-14-12-32(13-15-33)18-21-4-2-1-3-5-21/h1-9,17,19H,10-16,18H2,(H,28,35). The van der Waals surface area contributed by atoms with E-state index in [9.17, 15) is 9.18 Å². The van der Waals surface area contributed by atoms with Crippen molar-refractivity contribution in [1.82, 2.24) is 30.0 Å². The molecule has 0 unspecified atom stereocenters. The van der Waals surface area contributed by atoms with Gasteiger partial charge in [0.05, 0.1) is 24.5 Å². The molecule has 0 aliphatic carbocycles. The van der Waals surface area contributed by atoms with Crippen LogP contribution in [0.25, 0.3) is 11.0 Å². The summed E-state index contributed by atoms with van der Waals surface area (Å²) in [5, 5.41) is 8.31. The van der Waals surface area contributed by atoms with Gasteiger partial charge in [-0.2, -0.15) is 5.10 Å². The number of benzene rings is 2. The Balaban J connectivity index is 1.16. The van der Waals surface area contributed by atoms with Gasteiger partial charge in [0, 0.05) is 39.3 Å². The van der Waals surface area contributed by atoms with Gasteiger partial charge in [0.15, 0.2) is 5.65 Å². The van der Waals surface area contributed by atoms with Gasteiger partial charge in [0.2, 0.25) is 5.91 Å². The number of anilines is 1. The van der Waals surface area contributed by atoms with Crippen molar-refractivity contribution in [3.8, 4) is 0 Å². The molecule has 4 aromatic rings. The van der Waals surface area contributed by atoms with Gasteiger partial charge >= 0.3 is 0 Å². The van der Waals surface area contributed by atoms with Crippen LogP contribution < -0.4 is 10.2 Å². The Bertz CT molecular complexity index is 1270. The number of halogens is 1. The first-order chi connectivity index (χ1) is 17.2. The fourth-order valence-corrected chi connectivity index (χ4v) is 4.41. The molecule has 5 rings (SSSR count). The minimum atomic E-state index is -0.310. The van der Waals surface area contributed by atoms with Gasteiger partial charge in [-0.15, -0.1) is 0 Å². The Hall–Kier alpha value is -3.85. The highest BCUT2D eigenvalue weighted by atomic mass is 19.1. The molecule has 1 aliphatic heterocycles. The summed E-state index contributed by atoms with van der Waals surface area (Å²) >= 11 is 0. The maximum atomic E-state index is 13.0. The zero-order valence-electron chi connectivity index (χ0n) is 19.5. The van der Waals surface area contributed by atoms with Crippen molar-refractivity contribution in [2.75, 3.05) is 37.6 Å². The van der Waals surface area contributed by atoms with Crippen LogP contribution in [0.5, 0.6) is 0 Å². The first-order valence-corrected chi connectivity index (χ1v) is 11.8. The Labute approximate surface area is 203 Å². The molecule has 3 heterocycles. The number of aromatic nitrogens is 4. The molecule has 35 heavy (non-hydrogen) atoms. The second-order valence-corrected chi connectivity index (χ2v) is 8.70. The molecule has 1 aliphatic rings. The highest BCUT2D eigenvalue weighted by Gasteiger charge is 2.21. The average molecular weight is 474 g/mol. The zero-order valence-corrected chi connectivity index (χ0v) is 19.5. The number of nitrogens with one attached hydrogen (secondary N) is 1. The molecule has 0 spiro atoms. The fraction of sp³-hybridized carbons (Fsp3) is 0.308. The molecule has 0 saturated carbocycles. The number of fused-ring (bicyclic) bond motifs is 1. The van der Waals surface area contributed by atoms with E-state index in [1.165, 1.54) is 17.7 Å². The number of nitrogens with zero attached hydrogens (tertiary/aromatic N) is 6. The lowest BCUT2D eigenvalue weighted by atomic mass is 10.1. The second-order valence-electron chi connectivity index (χ2n) is 8.70. The summed E-state index contributed by atoms with van der Waals surface area (Å²) in [6.45, 7) is 5.60. The summed E-state index contributed by atoms with van der Waals surface area (Å²) < 4.78 is 14.8. The summed E-state index contributed by atoms with van der Waals surface area (Å²) in [6.07, 6.45) is 3.60. The maximum Gasteiger partial charge on any atom is 0.224 e. The summed E-state index contributed by atoms with van der Waals surface area (Å²) in [5.74, 6) is 0.479. The van der Waals surface area contributed by atoms with E-state index in [-0.39, 0.29) is 18.1 Å². The van der Waals surface area contributed by atoms with Crippen LogP contribution in [0, 0.1) is 5.82 Å². The van der Waals surface area contributed by atoms with Crippen molar-refractivity contribution in [2.24, 2.45) is 0 Å². The topological polar surface area (TPSA) is 79.2 Å². The largest absolute Gasteiger partial charge is 0.354 e. The third-order valence-electron chi connectivity index (χ3n) is 6.26. The van der Waals surface area contributed by atoms with E-state index < -0.39 is 0 Å². The number of rotatable bonds is 8. The number of amides is 1. The third kappa shape index (κ3) is 5.63. The van der Waals surface area contributed by atoms with Crippen molar-refractivity contribution in [1.29, 1.82) is 0 Å². The van der Waals surface area contributed by atoms with Gasteiger partial charge in [0.25, 0.3) is 0 Å². The number of hydrogen-bond acceptors (Lipinski definition) is 6. The van der Waals surface area contributed by atoms with E-state index in [0.29, 0.717) is 13.1 Å². The van der Waals surface area contributed by atoms with Crippen LogP contribution in [0.15, 0.2) is 67.1 Å². The second kappa shape index (κ2) is 10.6. The summed E-state index contributed by atoms with van der Waals surface area (Å²) in [4.78, 5) is 26.0. The van der Waals surface area contributed by atoms with Crippen LogP contribution in [-0.4, -0.2) is 63.3 Å². The predicted molar refractivity (Wildman–Crippen MR) is 132 cm³/mol. The molecule has 180 valence electrons. The van der Waals surface area contributed by atoms with Crippen LogP contribution >= 0.6 is 0 Å². The summed E-state index contributed by atoms with van der Waals surface area (Å²) in [6, 6.07) is 16.5. The molecule has 1 fully saturated rings. The number of hydrogen-bond donors (Lipinski definition) is 1. The molecular formula is C26H28FN7O. The molecule has 0 bridgehead atoms. The van der Waals surface area contributed by atoms with E-state index >= 15 is 0 Å². The van der Waals surface area contributed by atoms with Gasteiger partial charge in [-0.3, -0.25) is 9.69 Å². The number of carbonyl (C=O) groups is 1. The molecule has 1 amide bonds. The highest BCUT2D eigenvalue weighted by molar-refractivity contribution is 5.86. The van der Waals surface area contributed by atoms with Crippen molar-refractivity contribution in [3.63, 3.8) is 0 Å². The van der Waals surface area contributed by atoms with E-state index in [2.05, 4.69) is 54.4 Å². The lowest BCUT2D eigenvalue weighted by molar-refractivity contribution is -0.120. The predicted octanol–water partition coefficient (Wildman–Crippen LogP) is 2.65. The van der Waals surface area contributed by atoms with Gasteiger partial charge < -0.3 is 10.2 Å². The minimum Gasteiger partial charge on any atom is -0.354 e. The zero-order chi connectivity index (χ0) is 24.0. The van der Waals surface area contributed by atoms with Gasteiger partial charge in [-0.1, -0.05) is 42.5 Å². The van der Waals surface area contributed by atoms with Gasteiger partial charge in [-0.05, 0) is 23.3 Å². The van der Waals surface area contributed by atoms with Crippen molar-refractivity contribution < 1.29 is 9.18 Å². The van der Waals surface area contributed by atoms with Gasteiger partial charge in [-0.25, -0.2) is 19.0 Å². The lowest BCUT2D eigenvalue weighted by Gasteiger charge is -2.35. The van der Waals surface area contributed by atoms with Crippen LogP contribution in [0.4, 0.5) is 10.2 Å². The van der Waals surface area contributed by atoms with E-state index in [1.54, 1.807) is 29.3 Å². The normalized spacial score (nSPS) is 14.4. The Morgan fingerprint density at radius 2 is 1.71 bits per heavy atom. The molecule has 8 nitrogen and oxygen atoms in total. The highest BCUT2D eigenvalue weighted by Crippen LogP contribution is 2.24. The van der Waals surface area contributed by atoms with Crippen LogP contribution in [0.1, 0.15) is 11.1 Å². The van der Waals surface area contributed by atoms with Crippen molar-refractivity contribution >= 4 is 22.8 Å². The van der Waals surface area contributed by atoms with Crippen LogP contribution in [-0.2, 0) is 24.3 Å². The Kier molecular flexibility index (Phi) is 6.94. The molecule has 0 atom stereocenters. The molecule has 2 aromatic carbocycles. The first kappa shape index (κ1) is 22.9. The third-order valence-corrected chi connectivity index (χ3v) is 6.26. The van der Waals surface area contributed by atoms with Crippen molar-refractivity contribution in [2.45, 2.75) is 19.5 Å². The molecule has 1 N–H and O–H groups in total. The Morgan fingerprint density at radius 3 is 2.49 bits per heavy atom. The van der Waals surface area contributed by atoms with E-state index in [4.69, 9.17) is 0 Å². The van der Waals surface area contributed by atoms with E-state index in [0.717, 1.165) is 55.1 Å². The average Bonchev–Trinajstić information content (AvgIpc) is 3.30. The summed E-state index contributed by atoms with van der Waals surface area (Å²) in [7, 11) is 0. The smallest absolute Gasteiger partial charge is 0.224 e. The lowest BCUT2D eigenvalue weighted by Crippen LogP contribution is -2.46. The van der Waals surface area contributed by atoms with Crippen LogP contribution in [0.2, 0.25) is 0 Å². The molecule has 0 radical (unpaired) electrons. The molecule has 9 heteroatoms. The first-order valence-electron chi connectivity index (χ1n) is 11.8. The minimum absolute atomic E-state index is 0.114. The number of carbonyl (C=O) groups excluding carboxylic acids is 1. The molecule has 2 aromatic heterocycles. The van der Waals surface area contributed by atoms with Gasteiger partial charge in [0.1, 0.15) is 18.0 Å². The fourth-order valence-electron chi connectivity index (χ4n) is 4.41. The molecular weight excluding hydrogens is 445 g/mol. The monoisotopic (exact) mass is 473 g/mol. The van der Waals surface area contributed by atoms with E-state index in [1.807, 2.05) is 6.07 Å². The molecule has 1 saturated heterocycles. The number of piperazine rings is 1. The SMILES string of the molecule is O=C(Cc1ccc(F)cc1)NCCn1ncc2c(N3CCN(Cc4ccccc4)CC3)ncnc21.